The number of ether oxygens (including phenoxy) is 1. The summed E-state index contributed by atoms with van der Waals surface area (Å²) in [5, 5.41) is 3.13. The van der Waals surface area contributed by atoms with Crippen molar-refractivity contribution in [3.63, 3.8) is 0 Å². The smallest absolute Gasteiger partial charge is 0.240 e. The van der Waals surface area contributed by atoms with E-state index in [2.05, 4.69) is 5.32 Å². The zero-order chi connectivity index (χ0) is 18.3. The molecule has 2 rings (SSSR count). The average molecular weight is 383 g/mol. The van der Waals surface area contributed by atoms with Gasteiger partial charge in [0.2, 0.25) is 15.9 Å². The molecule has 2 aromatic rings. The summed E-state index contributed by atoms with van der Waals surface area (Å²) < 4.78 is 30.4. The highest BCUT2D eigenvalue weighted by Gasteiger charge is 2.20. The summed E-state index contributed by atoms with van der Waals surface area (Å²) in [5.41, 5.74) is 0.377. The Hall–Kier alpha value is -2.25. The van der Waals surface area contributed by atoms with Gasteiger partial charge in [-0.2, -0.15) is 0 Å². The van der Waals surface area contributed by atoms with Crippen LogP contribution in [0.1, 0.15) is 0 Å². The van der Waals surface area contributed by atoms with Crippen LogP contribution in [-0.2, 0) is 14.8 Å². The molecule has 0 aliphatic carbocycles. The monoisotopic (exact) mass is 382 g/mol. The summed E-state index contributed by atoms with van der Waals surface area (Å²) in [6.07, 6.45) is 1.05. The zero-order valence-electron chi connectivity index (χ0n) is 13.7. The topological polar surface area (TPSA) is 75.7 Å². The van der Waals surface area contributed by atoms with Crippen molar-refractivity contribution in [2.24, 2.45) is 0 Å². The molecule has 0 atom stereocenters. The molecule has 134 valence electrons. The number of benzene rings is 2. The number of nitrogens with zero attached hydrogens (tertiary/aromatic N) is 1. The fraction of sp³-hybridized carbons (Fsp3) is 0.235. The predicted molar refractivity (Wildman–Crippen MR) is 98.6 cm³/mol. The van der Waals surface area contributed by atoms with Crippen LogP contribution in [0.3, 0.4) is 0 Å². The Morgan fingerprint density at radius 3 is 2.36 bits per heavy atom. The highest BCUT2D eigenvalue weighted by molar-refractivity contribution is 7.92. The number of amides is 1. The van der Waals surface area contributed by atoms with Crippen LogP contribution in [0.4, 0.5) is 5.69 Å². The first-order chi connectivity index (χ1) is 11.9. The second kappa shape index (κ2) is 8.73. The van der Waals surface area contributed by atoms with Crippen molar-refractivity contribution < 1.29 is 17.9 Å². The van der Waals surface area contributed by atoms with Gasteiger partial charge >= 0.3 is 0 Å². The van der Waals surface area contributed by atoms with Crippen molar-refractivity contribution in [2.75, 3.05) is 30.3 Å². The van der Waals surface area contributed by atoms with Crippen molar-refractivity contribution in [1.82, 2.24) is 5.32 Å². The largest absolute Gasteiger partial charge is 0.492 e. The molecule has 0 bridgehead atoms. The van der Waals surface area contributed by atoms with E-state index in [1.165, 1.54) is 0 Å². The maximum atomic E-state index is 12.1. The third-order valence-electron chi connectivity index (χ3n) is 3.24. The average Bonchev–Trinajstić information content (AvgIpc) is 2.57. The molecule has 6 nitrogen and oxygen atoms in total. The molecule has 0 fully saturated rings. The summed E-state index contributed by atoms with van der Waals surface area (Å²) in [5.74, 6) is 0.285. The Bertz CT molecular complexity index is 795. The molecule has 0 aromatic heterocycles. The van der Waals surface area contributed by atoms with Gasteiger partial charge in [0.25, 0.3) is 0 Å². The summed E-state index contributed by atoms with van der Waals surface area (Å²) in [6.45, 7) is 0.243. The summed E-state index contributed by atoms with van der Waals surface area (Å²) in [4.78, 5) is 12.1. The lowest BCUT2D eigenvalue weighted by molar-refractivity contribution is -0.119. The second-order valence-electron chi connectivity index (χ2n) is 5.26. The van der Waals surface area contributed by atoms with E-state index in [1.54, 1.807) is 24.3 Å². The number of nitrogens with one attached hydrogen (secondary N) is 1. The molecule has 0 heterocycles. The predicted octanol–water partition coefficient (Wildman–Crippen LogP) is 2.30. The molecule has 0 saturated heterocycles. The molecule has 8 heteroatoms. The van der Waals surface area contributed by atoms with Gasteiger partial charge in [0.05, 0.1) is 18.5 Å². The molecule has 0 saturated carbocycles. The molecule has 0 aliphatic rings. The Morgan fingerprint density at radius 2 is 1.76 bits per heavy atom. The summed E-state index contributed by atoms with van der Waals surface area (Å²) in [7, 11) is -3.60. The van der Waals surface area contributed by atoms with Crippen LogP contribution in [0.5, 0.6) is 5.75 Å². The van der Waals surface area contributed by atoms with Crippen LogP contribution < -0.4 is 14.4 Å². The number of carbonyl (C=O) groups is 1. The van der Waals surface area contributed by atoms with E-state index < -0.39 is 15.9 Å². The van der Waals surface area contributed by atoms with E-state index in [9.17, 15) is 13.2 Å². The van der Waals surface area contributed by atoms with Gasteiger partial charge in [-0.3, -0.25) is 9.10 Å². The molecule has 1 N–H and O–H groups in total. The first-order valence-corrected chi connectivity index (χ1v) is 9.77. The van der Waals surface area contributed by atoms with E-state index in [-0.39, 0.29) is 19.7 Å². The van der Waals surface area contributed by atoms with Gasteiger partial charge in [-0.05, 0) is 36.4 Å². The van der Waals surface area contributed by atoms with Gasteiger partial charge in [-0.25, -0.2) is 8.42 Å². The van der Waals surface area contributed by atoms with Gasteiger partial charge in [0.15, 0.2) is 0 Å². The van der Waals surface area contributed by atoms with Crippen LogP contribution in [-0.4, -0.2) is 40.3 Å². The maximum Gasteiger partial charge on any atom is 0.240 e. The number of para-hydroxylation sites is 1. The number of hydrogen-bond acceptors (Lipinski definition) is 4. The minimum atomic E-state index is -3.60. The van der Waals surface area contributed by atoms with Crippen molar-refractivity contribution >= 4 is 33.2 Å². The fourth-order valence-corrected chi connectivity index (χ4v) is 3.05. The second-order valence-corrected chi connectivity index (χ2v) is 7.60. The molecule has 0 aliphatic heterocycles. The Kier molecular flexibility index (Phi) is 6.66. The van der Waals surface area contributed by atoms with Crippen molar-refractivity contribution in [3.8, 4) is 5.75 Å². The standard InChI is InChI=1S/C17H19ClN2O4S/c1-25(22,23)20(15-9-7-14(18)8-10-15)13-17(21)19-11-12-24-16-5-3-2-4-6-16/h2-10H,11-13H2,1H3,(H,19,21). The molecule has 0 unspecified atom stereocenters. The van der Waals surface area contributed by atoms with E-state index >= 15 is 0 Å². The summed E-state index contributed by atoms with van der Waals surface area (Å²) in [6, 6.07) is 15.5. The van der Waals surface area contributed by atoms with Crippen LogP contribution in [0.25, 0.3) is 0 Å². The van der Waals surface area contributed by atoms with Crippen molar-refractivity contribution in [1.29, 1.82) is 0 Å². The van der Waals surface area contributed by atoms with Crippen molar-refractivity contribution in [3.05, 3.63) is 59.6 Å². The summed E-state index contributed by atoms with van der Waals surface area (Å²) >= 11 is 5.81. The van der Waals surface area contributed by atoms with Gasteiger partial charge in [0.1, 0.15) is 18.9 Å². The Morgan fingerprint density at radius 1 is 1.12 bits per heavy atom. The van der Waals surface area contributed by atoms with Crippen LogP contribution in [0.2, 0.25) is 5.02 Å². The Balaban J connectivity index is 1.88. The third kappa shape index (κ3) is 6.28. The number of carbonyl (C=O) groups excluding carboxylic acids is 1. The zero-order valence-corrected chi connectivity index (χ0v) is 15.3. The number of hydrogen-bond donors (Lipinski definition) is 1. The van der Waals surface area contributed by atoms with Gasteiger partial charge in [-0.1, -0.05) is 29.8 Å². The lowest BCUT2D eigenvalue weighted by atomic mass is 10.3. The highest BCUT2D eigenvalue weighted by atomic mass is 35.5. The highest BCUT2D eigenvalue weighted by Crippen LogP contribution is 2.20. The van der Waals surface area contributed by atoms with Gasteiger partial charge in [-0.15, -0.1) is 0 Å². The molecule has 0 spiro atoms. The lowest BCUT2D eigenvalue weighted by Gasteiger charge is -2.22. The molecule has 0 radical (unpaired) electrons. The lowest BCUT2D eigenvalue weighted by Crippen LogP contribution is -2.41. The van der Waals surface area contributed by atoms with E-state index in [0.29, 0.717) is 16.5 Å². The van der Waals surface area contributed by atoms with Crippen LogP contribution in [0, 0.1) is 0 Å². The number of anilines is 1. The SMILES string of the molecule is CS(=O)(=O)N(CC(=O)NCCOc1ccccc1)c1ccc(Cl)cc1. The van der Waals surface area contributed by atoms with Gasteiger partial charge < -0.3 is 10.1 Å². The number of halogens is 1. The van der Waals surface area contributed by atoms with Gasteiger partial charge in [0, 0.05) is 5.02 Å². The molecule has 2 aromatic carbocycles. The first kappa shape index (κ1) is 19.1. The van der Waals surface area contributed by atoms with Crippen molar-refractivity contribution in [2.45, 2.75) is 0 Å². The van der Waals surface area contributed by atoms with E-state index in [1.807, 2.05) is 30.3 Å². The third-order valence-corrected chi connectivity index (χ3v) is 4.63. The van der Waals surface area contributed by atoms with Crippen LogP contribution in [0.15, 0.2) is 54.6 Å². The molecule has 25 heavy (non-hydrogen) atoms. The number of rotatable bonds is 8. The quantitative estimate of drug-likeness (QED) is 0.711. The Labute approximate surface area is 152 Å². The minimum absolute atomic E-state index is 0.270. The molecule has 1 amide bonds. The molecular weight excluding hydrogens is 364 g/mol. The van der Waals surface area contributed by atoms with E-state index in [4.69, 9.17) is 16.3 Å². The number of sulfonamides is 1. The van der Waals surface area contributed by atoms with Crippen LogP contribution >= 0.6 is 11.6 Å². The molecular formula is C17H19ClN2O4S. The maximum absolute atomic E-state index is 12.1. The fourth-order valence-electron chi connectivity index (χ4n) is 2.07. The first-order valence-electron chi connectivity index (χ1n) is 7.54. The minimum Gasteiger partial charge on any atom is -0.492 e. The van der Waals surface area contributed by atoms with E-state index in [0.717, 1.165) is 10.6 Å². The normalized spacial score (nSPS) is 11.0.